The topological polar surface area (TPSA) is 84.7 Å². The predicted octanol–water partition coefficient (Wildman–Crippen LogP) is 1.78. The van der Waals surface area contributed by atoms with E-state index in [1.165, 1.54) is 11.0 Å². The second kappa shape index (κ2) is 8.03. The van der Waals surface area contributed by atoms with Crippen molar-refractivity contribution in [2.75, 3.05) is 32.8 Å². The van der Waals surface area contributed by atoms with Crippen LogP contribution in [0, 0.1) is 11.7 Å². The van der Waals surface area contributed by atoms with Gasteiger partial charge in [0.15, 0.2) is 0 Å². The quantitative estimate of drug-likeness (QED) is 0.855. The Hall–Kier alpha value is -2.15. The Morgan fingerprint density at radius 1 is 1.35 bits per heavy atom. The van der Waals surface area contributed by atoms with E-state index in [2.05, 4.69) is 5.32 Å². The lowest BCUT2D eigenvalue weighted by molar-refractivity contribution is -0.126. The summed E-state index contributed by atoms with van der Waals surface area (Å²) in [5, 5.41) is 3.04. The number of halogens is 1. The van der Waals surface area contributed by atoms with Crippen LogP contribution in [0.5, 0.6) is 0 Å². The summed E-state index contributed by atoms with van der Waals surface area (Å²) >= 11 is 0. The van der Waals surface area contributed by atoms with Gasteiger partial charge < -0.3 is 20.7 Å². The first-order chi connectivity index (χ1) is 12.5. The fourth-order valence-corrected chi connectivity index (χ4v) is 3.94. The van der Waals surface area contributed by atoms with Crippen LogP contribution in [0.15, 0.2) is 24.3 Å². The van der Waals surface area contributed by atoms with Gasteiger partial charge in [0.25, 0.3) is 0 Å². The Kier molecular flexibility index (Phi) is 5.76. The molecule has 1 aromatic rings. The van der Waals surface area contributed by atoms with Crippen molar-refractivity contribution in [3.05, 3.63) is 35.6 Å². The number of piperidine rings is 1. The number of nitrogens with one attached hydrogen (secondary N) is 1. The number of rotatable bonds is 4. The van der Waals surface area contributed by atoms with Gasteiger partial charge in [0.2, 0.25) is 5.91 Å². The number of carbonyl (C=O) groups excluding carboxylic acids is 2. The molecule has 0 aromatic heterocycles. The summed E-state index contributed by atoms with van der Waals surface area (Å²) in [5.74, 6) is -0.594. The Morgan fingerprint density at radius 3 is 2.81 bits per heavy atom. The number of nitrogens with zero attached hydrogens (tertiary/aromatic N) is 1. The lowest BCUT2D eigenvalue weighted by Gasteiger charge is -2.38. The van der Waals surface area contributed by atoms with Gasteiger partial charge in [0, 0.05) is 38.3 Å². The van der Waals surface area contributed by atoms with E-state index in [0.29, 0.717) is 32.8 Å². The second-order valence-corrected chi connectivity index (χ2v) is 7.24. The van der Waals surface area contributed by atoms with E-state index in [1.54, 1.807) is 12.1 Å². The maximum Gasteiger partial charge on any atom is 0.314 e. The van der Waals surface area contributed by atoms with Gasteiger partial charge in [0.05, 0.1) is 5.92 Å². The summed E-state index contributed by atoms with van der Waals surface area (Å²) < 4.78 is 19.2. The van der Waals surface area contributed by atoms with Gasteiger partial charge in [-0.3, -0.25) is 4.79 Å². The third-order valence-corrected chi connectivity index (χ3v) is 5.59. The molecule has 3 N–H and O–H groups in total. The molecule has 2 aliphatic heterocycles. The van der Waals surface area contributed by atoms with Crippen molar-refractivity contribution in [1.29, 1.82) is 0 Å². The van der Waals surface area contributed by atoms with Crippen molar-refractivity contribution >= 4 is 11.9 Å². The molecule has 7 heteroatoms. The number of hydrogen-bond acceptors (Lipinski definition) is 3. The van der Waals surface area contributed by atoms with Crippen molar-refractivity contribution in [2.45, 2.75) is 31.1 Å². The first kappa shape index (κ1) is 18.6. The zero-order valence-corrected chi connectivity index (χ0v) is 14.9. The van der Waals surface area contributed by atoms with E-state index in [4.69, 9.17) is 10.5 Å². The van der Waals surface area contributed by atoms with Crippen LogP contribution in [0.1, 0.15) is 31.2 Å². The normalized spacial score (nSPS) is 22.7. The van der Waals surface area contributed by atoms with Gasteiger partial charge in [-0.25, -0.2) is 9.18 Å². The highest BCUT2D eigenvalue weighted by Gasteiger charge is 2.36. The number of nitrogens with two attached hydrogens (primary N) is 1. The fraction of sp³-hybridized carbons (Fsp3) is 0.579. The van der Waals surface area contributed by atoms with E-state index in [1.807, 2.05) is 6.07 Å². The molecule has 0 spiro atoms. The molecule has 0 bridgehead atoms. The highest BCUT2D eigenvalue weighted by Crippen LogP contribution is 2.34. The average Bonchev–Trinajstić information content (AvgIpc) is 2.67. The van der Waals surface area contributed by atoms with Crippen molar-refractivity contribution in [2.24, 2.45) is 11.7 Å². The number of hydrogen-bond donors (Lipinski definition) is 2. The summed E-state index contributed by atoms with van der Waals surface area (Å²) in [7, 11) is 0. The van der Waals surface area contributed by atoms with Crippen molar-refractivity contribution in [1.82, 2.24) is 10.2 Å². The molecular formula is C19H26FN3O3. The fourth-order valence-electron chi connectivity index (χ4n) is 3.94. The SMILES string of the molecule is NC(=O)N1CCC[C@H](C(=O)NCC2(c3cccc(F)c3)CCOCC2)C1. The molecule has 0 aliphatic carbocycles. The molecule has 2 heterocycles. The zero-order valence-electron chi connectivity index (χ0n) is 14.9. The molecule has 3 amide bonds. The molecule has 6 nitrogen and oxygen atoms in total. The highest BCUT2D eigenvalue weighted by molar-refractivity contribution is 5.80. The Labute approximate surface area is 152 Å². The van der Waals surface area contributed by atoms with E-state index >= 15 is 0 Å². The number of urea groups is 1. The molecule has 26 heavy (non-hydrogen) atoms. The number of carbonyl (C=O) groups is 2. The number of likely N-dealkylation sites (tertiary alicyclic amines) is 1. The van der Waals surface area contributed by atoms with Crippen LogP contribution in [0.2, 0.25) is 0 Å². The molecule has 0 saturated carbocycles. The monoisotopic (exact) mass is 363 g/mol. The summed E-state index contributed by atoms with van der Waals surface area (Å²) in [6.45, 7) is 2.57. The Morgan fingerprint density at radius 2 is 2.12 bits per heavy atom. The van der Waals surface area contributed by atoms with Crippen LogP contribution in [0.3, 0.4) is 0 Å². The Bertz CT molecular complexity index is 661. The molecule has 2 fully saturated rings. The number of benzene rings is 1. The van der Waals surface area contributed by atoms with Crippen LogP contribution in [-0.2, 0) is 14.9 Å². The largest absolute Gasteiger partial charge is 0.381 e. The van der Waals surface area contributed by atoms with Crippen molar-refractivity contribution in [3.8, 4) is 0 Å². The molecule has 2 aliphatic rings. The minimum atomic E-state index is -0.483. The minimum Gasteiger partial charge on any atom is -0.381 e. The lowest BCUT2D eigenvalue weighted by Crippen LogP contribution is -2.50. The summed E-state index contributed by atoms with van der Waals surface area (Å²) in [6.07, 6.45) is 2.97. The third kappa shape index (κ3) is 4.15. The third-order valence-electron chi connectivity index (χ3n) is 5.59. The molecule has 3 rings (SSSR count). The average molecular weight is 363 g/mol. The van der Waals surface area contributed by atoms with Crippen LogP contribution in [-0.4, -0.2) is 49.7 Å². The predicted molar refractivity (Wildman–Crippen MR) is 95.0 cm³/mol. The maximum atomic E-state index is 13.7. The highest BCUT2D eigenvalue weighted by atomic mass is 19.1. The van der Waals surface area contributed by atoms with Gasteiger partial charge in [-0.05, 0) is 43.4 Å². The molecular weight excluding hydrogens is 337 g/mol. The molecule has 0 radical (unpaired) electrons. The van der Waals surface area contributed by atoms with Gasteiger partial charge in [-0.15, -0.1) is 0 Å². The number of amides is 3. The van der Waals surface area contributed by atoms with E-state index in [0.717, 1.165) is 31.2 Å². The lowest BCUT2D eigenvalue weighted by atomic mass is 9.74. The molecule has 1 atom stereocenters. The van der Waals surface area contributed by atoms with Crippen LogP contribution >= 0.6 is 0 Å². The molecule has 2 saturated heterocycles. The second-order valence-electron chi connectivity index (χ2n) is 7.24. The van der Waals surface area contributed by atoms with Crippen LogP contribution in [0.4, 0.5) is 9.18 Å². The summed E-state index contributed by atoms with van der Waals surface area (Å²) in [6, 6.07) is 6.11. The van der Waals surface area contributed by atoms with Gasteiger partial charge in [0.1, 0.15) is 5.82 Å². The molecule has 0 unspecified atom stereocenters. The van der Waals surface area contributed by atoms with E-state index < -0.39 is 6.03 Å². The smallest absolute Gasteiger partial charge is 0.314 e. The van der Waals surface area contributed by atoms with Crippen molar-refractivity contribution < 1.29 is 18.7 Å². The summed E-state index contributed by atoms with van der Waals surface area (Å²) in [5.41, 5.74) is 5.90. The minimum absolute atomic E-state index is 0.0711. The van der Waals surface area contributed by atoms with Gasteiger partial charge in [-0.1, -0.05) is 12.1 Å². The first-order valence-electron chi connectivity index (χ1n) is 9.16. The Balaban J connectivity index is 1.68. The first-order valence-corrected chi connectivity index (χ1v) is 9.16. The van der Waals surface area contributed by atoms with Gasteiger partial charge in [-0.2, -0.15) is 0 Å². The van der Waals surface area contributed by atoms with Crippen LogP contribution < -0.4 is 11.1 Å². The molecule has 142 valence electrons. The number of ether oxygens (including phenoxy) is 1. The summed E-state index contributed by atoms with van der Waals surface area (Å²) in [4.78, 5) is 25.5. The zero-order chi connectivity index (χ0) is 18.6. The van der Waals surface area contributed by atoms with E-state index in [9.17, 15) is 14.0 Å². The maximum absolute atomic E-state index is 13.7. The van der Waals surface area contributed by atoms with E-state index in [-0.39, 0.29) is 23.1 Å². The van der Waals surface area contributed by atoms with Crippen LogP contribution in [0.25, 0.3) is 0 Å². The number of primary amides is 1. The van der Waals surface area contributed by atoms with Gasteiger partial charge >= 0.3 is 6.03 Å². The molecule has 1 aromatic carbocycles. The van der Waals surface area contributed by atoms with Crippen molar-refractivity contribution in [3.63, 3.8) is 0 Å². The standard InChI is InChI=1S/C19H26FN3O3/c20-16-5-1-4-15(11-16)19(6-9-26-10-7-19)13-22-17(24)14-3-2-8-23(12-14)18(21)25/h1,4-5,11,14H,2-3,6-10,12-13H2,(H2,21,25)(H,22,24)/t14-/m0/s1.